The highest BCUT2D eigenvalue weighted by Gasteiger charge is 2.24. The summed E-state index contributed by atoms with van der Waals surface area (Å²) in [5, 5.41) is 4.48. The maximum Gasteiger partial charge on any atom is 0.253 e. The first-order valence-electron chi connectivity index (χ1n) is 11.0. The molecule has 0 radical (unpaired) electrons. The van der Waals surface area contributed by atoms with Gasteiger partial charge in [-0.15, -0.1) is 0 Å². The average molecular weight is 465 g/mol. The van der Waals surface area contributed by atoms with E-state index in [1.807, 2.05) is 12.2 Å². The van der Waals surface area contributed by atoms with Crippen LogP contribution in [0.15, 0.2) is 53.8 Å². The number of nitrogens with one attached hydrogen (secondary N) is 2. The predicted molar refractivity (Wildman–Crippen MR) is 124 cm³/mol. The summed E-state index contributed by atoms with van der Waals surface area (Å²) in [6.07, 6.45) is 8.62. The number of halogens is 1. The van der Waals surface area contributed by atoms with Crippen LogP contribution >= 0.6 is 0 Å². The molecular weight excluding hydrogens is 439 g/mol. The summed E-state index contributed by atoms with van der Waals surface area (Å²) in [6, 6.07) is 6.36. The maximum absolute atomic E-state index is 14.5. The van der Waals surface area contributed by atoms with E-state index >= 15 is 0 Å². The molecule has 1 atom stereocenters. The van der Waals surface area contributed by atoms with Crippen LogP contribution in [0, 0.1) is 11.7 Å². The number of hydrazine groups is 1. The number of ether oxygens (including phenoxy) is 2. The summed E-state index contributed by atoms with van der Waals surface area (Å²) >= 11 is 0. The Hall–Kier alpha value is -3.76. The van der Waals surface area contributed by atoms with Gasteiger partial charge in [0.2, 0.25) is 5.88 Å². The van der Waals surface area contributed by atoms with Crippen molar-refractivity contribution in [2.45, 2.75) is 25.7 Å². The first kappa shape index (κ1) is 22.1. The smallest absolute Gasteiger partial charge is 0.253 e. The van der Waals surface area contributed by atoms with E-state index in [1.54, 1.807) is 29.4 Å². The minimum Gasteiger partial charge on any atom is -0.493 e. The number of aromatic nitrogens is 1. The number of fused-ring (bicyclic) bond motifs is 1. The summed E-state index contributed by atoms with van der Waals surface area (Å²) in [6.45, 7) is 0.548. The van der Waals surface area contributed by atoms with E-state index in [-0.39, 0.29) is 6.54 Å². The van der Waals surface area contributed by atoms with E-state index in [9.17, 15) is 9.18 Å². The molecule has 1 unspecified atom stereocenters. The largest absolute Gasteiger partial charge is 0.493 e. The number of nitrogens with zero attached hydrogens (tertiary/aromatic N) is 3. The Morgan fingerprint density at radius 2 is 2.24 bits per heavy atom. The van der Waals surface area contributed by atoms with Crippen LogP contribution in [0.25, 0.3) is 5.57 Å². The zero-order chi connectivity index (χ0) is 23.7. The molecule has 1 aliphatic carbocycles. The van der Waals surface area contributed by atoms with Gasteiger partial charge in [-0.2, -0.15) is 5.43 Å². The van der Waals surface area contributed by atoms with Crippen molar-refractivity contribution in [1.29, 1.82) is 0 Å². The lowest BCUT2D eigenvalue weighted by atomic mass is 10.0. The van der Waals surface area contributed by atoms with Gasteiger partial charge in [-0.1, -0.05) is 6.07 Å². The predicted octanol–water partition coefficient (Wildman–Crippen LogP) is 2.32. The number of carbonyl (C=O) groups is 1. The van der Waals surface area contributed by atoms with Crippen LogP contribution in [0.2, 0.25) is 0 Å². The third-order valence-electron chi connectivity index (χ3n) is 5.77. The van der Waals surface area contributed by atoms with Crippen molar-refractivity contribution < 1.29 is 18.7 Å². The number of pyridine rings is 1. The van der Waals surface area contributed by atoms with Crippen LogP contribution in [0.4, 0.5) is 4.39 Å². The third kappa shape index (κ3) is 4.63. The number of nitrogens with two attached hydrogens (primary N) is 1. The number of aliphatic imine (C=N–C) groups is 1. The van der Waals surface area contributed by atoms with Crippen molar-refractivity contribution in [3.63, 3.8) is 0 Å². The van der Waals surface area contributed by atoms with Crippen LogP contribution in [0.3, 0.4) is 0 Å². The number of amides is 1. The van der Waals surface area contributed by atoms with Crippen LogP contribution in [0.1, 0.15) is 34.3 Å². The molecule has 1 aromatic heterocycles. The second-order valence-electron chi connectivity index (χ2n) is 8.28. The lowest BCUT2D eigenvalue weighted by Crippen LogP contribution is -2.40. The Bertz CT molecular complexity index is 1210. The van der Waals surface area contributed by atoms with Crippen molar-refractivity contribution in [3.05, 3.63) is 71.3 Å². The molecule has 34 heavy (non-hydrogen) atoms. The number of methoxy groups -OCH3 is 1. The highest BCUT2D eigenvalue weighted by atomic mass is 19.1. The number of allylic oxidation sites excluding steroid dienone is 2. The molecule has 5 rings (SSSR count). The zero-order valence-electron chi connectivity index (χ0n) is 18.6. The number of amidine groups is 1. The topological polar surface area (TPSA) is 114 Å². The van der Waals surface area contributed by atoms with Crippen LogP contribution in [-0.4, -0.2) is 41.7 Å². The molecule has 10 heteroatoms. The fourth-order valence-corrected chi connectivity index (χ4v) is 3.73. The fourth-order valence-electron chi connectivity index (χ4n) is 3.73. The molecule has 1 aromatic carbocycles. The molecule has 3 aliphatic rings. The van der Waals surface area contributed by atoms with E-state index in [0.29, 0.717) is 46.7 Å². The first-order chi connectivity index (χ1) is 16.5. The molecule has 4 N–H and O–H groups in total. The average Bonchev–Trinajstić information content (AvgIpc) is 3.60. The molecule has 1 amide bonds. The molecule has 1 saturated carbocycles. The Morgan fingerprint density at radius 1 is 1.38 bits per heavy atom. The summed E-state index contributed by atoms with van der Waals surface area (Å²) in [5.74, 6) is 1.17. The Labute approximate surface area is 196 Å². The third-order valence-corrected chi connectivity index (χ3v) is 5.77. The molecule has 0 saturated heterocycles. The number of rotatable bonds is 8. The lowest BCUT2D eigenvalue weighted by Gasteiger charge is -2.19. The van der Waals surface area contributed by atoms with Gasteiger partial charge in [0.05, 0.1) is 19.3 Å². The minimum absolute atomic E-state index is 0.00913. The van der Waals surface area contributed by atoms with Gasteiger partial charge in [0, 0.05) is 30.1 Å². The van der Waals surface area contributed by atoms with Crippen LogP contribution in [-0.2, 0) is 6.54 Å². The molecule has 3 heterocycles. The van der Waals surface area contributed by atoms with Crippen molar-refractivity contribution in [2.24, 2.45) is 16.6 Å². The molecule has 0 spiro atoms. The zero-order valence-corrected chi connectivity index (χ0v) is 18.6. The first-order valence-corrected chi connectivity index (χ1v) is 11.0. The standard InChI is InChI=1S/C24H25FN6O3/c1-33-23-17(15-7-8-31-21(10-15)29-24(26)30-31)9-16(11-28-23)22(32)27-12-18-19(25)3-2-4-20(18)34-13-14-5-6-14/h2-4,7-11,14,24,30H,5-6,12-13,26H2,1H3,(H,27,32). The fraction of sp³-hybridized carbons (Fsp3) is 0.292. The highest BCUT2D eigenvalue weighted by Crippen LogP contribution is 2.31. The molecule has 0 bridgehead atoms. The summed E-state index contributed by atoms with van der Waals surface area (Å²) in [7, 11) is 1.51. The van der Waals surface area contributed by atoms with Gasteiger partial charge in [-0.3, -0.25) is 15.5 Å². The maximum atomic E-state index is 14.5. The molecule has 2 aromatic rings. The lowest BCUT2D eigenvalue weighted by molar-refractivity contribution is 0.0949. The summed E-state index contributed by atoms with van der Waals surface area (Å²) in [5.41, 5.74) is 10.8. The molecule has 1 fully saturated rings. The van der Waals surface area contributed by atoms with Gasteiger partial charge in [-0.25, -0.2) is 14.4 Å². The van der Waals surface area contributed by atoms with Gasteiger partial charge in [-0.05, 0) is 54.7 Å². The van der Waals surface area contributed by atoms with E-state index in [1.165, 1.54) is 19.4 Å². The van der Waals surface area contributed by atoms with Crippen molar-refractivity contribution >= 4 is 17.3 Å². The van der Waals surface area contributed by atoms with Gasteiger partial charge in [0.15, 0.2) is 6.29 Å². The van der Waals surface area contributed by atoms with Gasteiger partial charge < -0.3 is 14.8 Å². The highest BCUT2D eigenvalue weighted by molar-refractivity contribution is 6.05. The number of carbonyl (C=O) groups excluding carboxylic acids is 1. The van der Waals surface area contributed by atoms with Gasteiger partial charge >= 0.3 is 0 Å². The second kappa shape index (κ2) is 9.24. The molecule has 176 valence electrons. The molecule has 2 aliphatic heterocycles. The normalized spacial score (nSPS) is 18.8. The molecule has 9 nitrogen and oxygen atoms in total. The summed E-state index contributed by atoms with van der Waals surface area (Å²) in [4.78, 5) is 21.5. The SMILES string of the molecule is COc1ncc(C(=O)NCc2c(F)cccc2OCC2CC2)cc1C1=CC2=NC(N)NN2C=C1. The van der Waals surface area contributed by atoms with Crippen molar-refractivity contribution in [1.82, 2.24) is 20.7 Å². The van der Waals surface area contributed by atoms with E-state index in [4.69, 9.17) is 15.2 Å². The Morgan fingerprint density at radius 3 is 3.03 bits per heavy atom. The van der Waals surface area contributed by atoms with Crippen molar-refractivity contribution in [2.75, 3.05) is 13.7 Å². The second-order valence-corrected chi connectivity index (χ2v) is 8.28. The van der Waals surface area contributed by atoms with Crippen LogP contribution in [0.5, 0.6) is 11.6 Å². The Balaban J connectivity index is 1.34. The van der Waals surface area contributed by atoms with E-state index < -0.39 is 18.0 Å². The number of hydrogen-bond acceptors (Lipinski definition) is 8. The monoisotopic (exact) mass is 464 g/mol. The Kier molecular flexibility index (Phi) is 5.99. The van der Waals surface area contributed by atoms with Crippen molar-refractivity contribution in [3.8, 4) is 11.6 Å². The van der Waals surface area contributed by atoms with Crippen LogP contribution < -0.4 is 25.9 Å². The number of hydrogen-bond donors (Lipinski definition) is 3. The molecular formula is C24H25FN6O3. The quantitative estimate of drug-likeness (QED) is 0.549. The summed E-state index contributed by atoms with van der Waals surface area (Å²) < 4.78 is 25.7. The van der Waals surface area contributed by atoms with E-state index in [0.717, 1.165) is 18.4 Å². The minimum atomic E-state index is -0.524. The number of benzene rings is 1. The van der Waals surface area contributed by atoms with E-state index in [2.05, 4.69) is 20.7 Å². The van der Waals surface area contributed by atoms with Gasteiger partial charge in [0.1, 0.15) is 17.4 Å². The van der Waals surface area contributed by atoms with Gasteiger partial charge in [0.25, 0.3) is 5.91 Å².